The molecule has 0 saturated carbocycles. The lowest BCUT2D eigenvalue weighted by molar-refractivity contribution is -0.118. The Bertz CT molecular complexity index is 1170. The van der Waals surface area contributed by atoms with Crippen LogP contribution in [-0.4, -0.2) is 25.5 Å². The monoisotopic (exact) mass is 347 g/mol. The van der Waals surface area contributed by atoms with Gasteiger partial charge in [-0.15, -0.1) is 10.2 Å². The van der Waals surface area contributed by atoms with Crippen molar-refractivity contribution in [2.75, 3.05) is 0 Å². The molecule has 2 N–H and O–H groups in total. The van der Waals surface area contributed by atoms with E-state index >= 15 is 0 Å². The van der Waals surface area contributed by atoms with Crippen molar-refractivity contribution < 1.29 is 9.90 Å². The molecule has 0 saturated heterocycles. The van der Waals surface area contributed by atoms with Crippen molar-refractivity contribution in [3.8, 4) is 5.88 Å². The summed E-state index contributed by atoms with van der Waals surface area (Å²) in [5.74, 6) is -0.524. The van der Waals surface area contributed by atoms with Gasteiger partial charge in [-0.1, -0.05) is 23.8 Å². The second kappa shape index (κ2) is 6.11. The number of aromatic amines is 1. The Labute approximate surface area is 149 Å². The molecule has 0 atom stereocenters. The molecular formula is C19H17N5O2. The van der Waals surface area contributed by atoms with E-state index in [0.717, 1.165) is 33.1 Å². The van der Waals surface area contributed by atoms with Crippen molar-refractivity contribution in [1.82, 2.24) is 14.5 Å². The minimum atomic E-state index is -0.425. The maximum Gasteiger partial charge on any atom is 0.284 e. The van der Waals surface area contributed by atoms with E-state index in [-0.39, 0.29) is 18.1 Å². The second-order valence-electron chi connectivity index (χ2n) is 6.28. The molecule has 0 aliphatic carbocycles. The van der Waals surface area contributed by atoms with Gasteiger partial charge in [-0.2, -0.15) is 0 Å². The van der Waals surface area contributed by atoms with Crippen LogP contribution in [0.2, 0.25) is 0 Å². The minimum Gasteiger partial charge on any atom is -0.493 e. The summed E-state index contributed by atoms with van der Waals surface area (Å²) in [5, 5.41) is 18.6. The van der Waals surface area contributed by atoms with E-state index in [4.69, 9.17) is 0 Å². The average molecular weight is 347 g/mol. The second-order valence-corrected chi connectivity index (χ2v) is 6.28. The van der Waals surface area contributed by atoms with Crippen LogP contribution in [0.4, 0.5) is 5.69 Å². The lowest BCUT2D eigenvalue weighted by atomic mass is 10.1. The number of nitrogens with zero attached hydrogens (tertiary/aromatic N) is 4. The number of aryl methyl sites for hydroxylation is 2. The van der Waals surface area contributed by atoms with Crippen molar-refractivity contribution in [3.05, 3.63) is 53.9 Å². The highest BCUT2D eigenvalue weighted by molar-refractivity contribution is 5.96. The van der Waals surface area contributed by atoms with E-state index in [2.05, 4.69) is 20.2 Å². The minimum absolute atomic E-state index is 0.0329. The number of rotatable bonds is 3. The number of azo groups is 1. The first-order valence-electron chi connectivity index (χ1n) is 8.19. The lowest BCUT2D eigenvalue weighted by Crippen LogP contribution is -2.05. The summed E-state index contributed by atoms with van der Waals surface area (Å²) in [4.78, 5) is 19.4. The smallest absolute Gasteiger partial charge is 0.284 e. The average Bonchev–Trinajstić information content (AvgIpc) is 3.15. The van der Waals surface area contributed by atoms with Gasteiger partial charge in [-0.05, 0) is 37.6 Å². The van der Waals surface area contributed by atoms with Gasteiger partial charge < -0.3 is 14.7 Å². The van der Waals surface area contributed by atoms with Crippen LogP contribution in [-0.2, 0) is 11.3 Å². The Morgan fingerprint density at radius 1 is 1.27 bits per heavy atom. The predicted molar refractivity (Wildman–Crippen MR) is 98.7 cm³/mol. The van der Waals surface area contributed by atoms with Crippen molar-refractivity contribution in [2.45, 2.75) is 20.4 Å². The third kappa shape index (κ3) is 2.73. The van der Waals surface area contributed by atoms with Crippen LogP contribution in [0.5, 0.6) is 5.88 Å². The molecule has 1 amide bonds. The Morgan fingerprint density at radius 3 is 2.92 bits per heavy atom. The largest absolute Gasteiger partial charge is 0.493 e. The van der Waals surface area contributed by atoms with Gasteiger partial charge in [0.1, 0.15) is 6.54 Å². The number of H-pyrrole nitrogens is 1. The highest BCUT2D eigenvalue weighted by Crippen LogP contribution is 2.37. The first-order valence-corrected chi connectivity index (χ1v) is 8.19. The van der Waals surface area contributed by atoms with Gasteiger partial charge in [0.2, 0.25) is 5.88 Å². The third-order valence-electron chi connectivity index (χ3n) is 4.30. The number of hydrogen-bond acceptors (Lipinski definition) is 4. The number of amides is 1. The van der Waals surface area contributed by atoms with Crippen LogP contribution < -0.4 is 0 Å². The normalized spacial score (nSPS) is 11.8. The van der Waals surface area contributed by atoms with Crippen LogP contribution in [0.15, 0.2) is 53.0 Å². The predicted octanol–water partition coefficient (Wildman–Crippen LogP) is 4.15. The quantitative estimate of drug-likeness (QED) is 0.545. The summed E-state index contributed by atoms with van der Waals surface area (Å²) in [7, 11) is 0. The van der Waals surface area contributed by atoms with Gasteiger partial charge in [-0.25, -0.2) is 4.98 Å². The Balaban J connectivity index is 1.63. The Morgan fingerprint density at radius 2 is 2.08 bits per heavy atom. The molecule has 130 valence electrons. The van der Waals surface area contributed by atoms with E-state index in [9.17, 15) is 9.90 Å². The zero-order valence-electron chi connectivity index (χ0n) is 14.4. The van der Waals surface area contributed by atoms with Gasteiger partial charge in [0, 0.05) is 5.39 Å². The summed E-state index contributed by atoms with van der Waals surface area (Å²) in [6.45, 7) is 3.94. The van der Waals surface area contributed by atoms with E-state index in [1.807, 2.05) is 50.2 Å². The first kappa shape index (κ1) is 16.0. The van der Waals surface area contributed by atoms with Gasteiger partial charge >= 0.3 is 0 Å². The molecule has 0 spiro atoms. The molecule has 2 aromatic heterocycles. The van der Waals surface area contributed by atoms with Crippen LogP contribution in [0.1, 0.15) is 11.1 Å². The molecule has 4 aromatic rings. The van der Waals surface area contributed by atoms with Crippen molar-refractivity contribution in [2.24, 2.45) is 10.2 Å². The Hall–Kier alpha value is -3.48. The number of aromatic nitrogens is 3. The fourth-order valence-electron chi connectivity index (χ4n) is 3.15. The van der Waals surface area contributed by atoms with Crippen molar-refractivity contribution in [3.63, 3.8) is 0 Å². The summed E-state index contributed by atoms with van der Waals surface area (Å²) in [6.07, 6.45) is 1.61. The topological polar surface area (TPSA) is 95.6 Å². The van der Waals surface area contributed by atoms with Gasteiger partial charge in [0.25, 0.3) is 5.91 Å². The highest BCUT2D eigenvalue weighted by atomic mass is 16.3. The third-order valence-corrected chi connectivity index (χ3v) is 4.30. The van der Waals surface area contributed by atoms with Crippen LogP contribution >= 0.6 is 0 Å². The number of imidazole rings is 1. The summed E-state index contributed by atoms with van der Waals surface area (Å²) >= 11 is 0. The number of nitrogens with one attached hydrogen (secondary N) is 1. The molecule has 4 rings (SSSR count). The summed E-state index contributed by atoms with van der Waals surface area (Å²) in [6, 6.07) is 11.5. The zero-order valence-corrected chi connectivity index (χ0v) is 14.4. The van der Waals surface area contributed by atoms with Crippen molar-refractivity contribution >= 4 is 33.5 Å². The fourth-order valence-corrected chi connectivity index (χ4v) is 3.15. The first-order chi connectivity index (χ1) is 12.5. The molecule has 7 heteroatoms. The molecule has 0 bridgehead atoms. The molecule has 26 heavy (non-hydrogen) atoms. The molecule has 0 radical (unpaired) electrons. The maximum absolute atomic E-state index is 12.2. The number of carbonyl (C=O) groups excluding carboxylic acids is 1. The number of benzene rings is 2. The lowest BCUT2D eigenvalue weighted by Gasteiger charge is -2.00. The number of carbonyl (C=O) groups is 1. The van der Waals surface area contributed by atoms with E-state index in [1.54, 1.807) is 10.9 Å². The maximum atomic E-state index is 12.2. The van der Waals surface area contributed by atoms with Crippen LogP contribution in [0, 0.1) is 13.8 Å². The van der Waals surface area contributed by atoms with E-state index < -0.39 is 5.91 Å². The van der Waals surface area contributed by atoms with E-state index in [1.165, 1.54) is 0 Å². The standard InChI is InChI=1S/C19H17N5O2/c1-11-7-12(2)17-13(8-11)18(19(26)21-17)23-22-16(25)9-24-10-20-14-5-3-4-6-15(14)24/h3-8,10,21,26H,9H2,1-2H3. The zero-order chi connectivity index (χ0) is 18.3. The molecule has 0 fully saturated rings. The molecule has 2 heterocycles. The molecule has 0 unspecified atom stereocenters. The van der Waals surface area contributed by atoms with Crippen LogP contribution in [0.3, 0.4) is 0 Å². The number of para-hydroxylation sites is 2. The van der Waals surface area contributed by atoms with E-state index in [0.29, 0.717) is 0 Å². The number of fused-ring (bicyclic) bond motifs is 2. The van der Waals surface area contributed by atoms with Gasteiger partial charge in [-0.3, -0.25) is 4.79 Å². The highest BCUT2D eigenvalue weighted by Gasteiger charge is 2.13. The van der Waals surface area contributed by atoms with Crippen LogP contribution in [0.25, 0.3) is 21.9 Å². The number of hydrogen-bond donors (Lipinski definition) is 2. The Kier molecular flexibility index (Phi) is 3.76. The molecule has 0 aliphatic rings. The molecule has 2 aromatic carbocycles. The van der Waals surface area contributed by atoms with Crippen molar-refractivity contribution in [1.29, 1.82) is 0 Å². The SMILES string of the molecule is Cc1cc(C)c2[nH]c(O)c(N=NC(=O)Cn3cnc4ccccc43)c2c1. The molecule has 0 aliphatic heterocycles. The fraction of sp³-hybridized carbons (Fsp3) is 0.158. The van der Waals surface area contributed by atoms with Gasteiger partial charge in [0.15, 0.2) is 5.69 Å². The molecule has 7 nitrogen and oxygen atoms in total. The summed E-state index contributed by atoms with van der Waals surface area (Å²) in [5.41, 5.74) is 4.77. The summed E-state index contributed by atoms with van der Waals surface area (Å²) < 4.78 is 1.72. The van der Waals surface area contributed by atoms with Gasteiger partial charge in [0.05, 0.1) is 22.9 Å². The number of aromatic hydroxyl groups is 1. The molecular weight excluding hydrogens is 330 g/mol.